The van der Waals surface area contributed by atoms with Gasteiger partial charge in [-0.3, -0.25) is 14.6 Å². The number of amides is 1. The minimum absolute atomic E-state index is 0.0153. The van der Waals surface area contributed by atoms with Crippen LogP contribution in [0.5, 0.6) is 11.5 Å². The van der Waals surface area contributed by atoms with E-state index in [-0.39, 0.29) is 23.5 Å². The Labute approximate surface area is 203 Å². The van der Waals surface area contributed by atoms with Crippen molar-refractivity contribution in [3.63, 3.8) is 0 Å². The number of dihydropyridines is 1. The van der Waals surface area contributed by atoms with Crippen LogP contribution < -0.4 is 10.1 Å². The number of aryl methyl sites for hydroxylation is 1. The smallest absolute Gasteiger partial charge is 0.252 e. The van der Waals surface area contributed by atoms with E-state index in [0.717, 1.165) is 11.1 Å². The lowest BCUT2D eigenvalue weighted by atomic mass is 9.98. The Morgan fingerprint density at radius 1 is 1.14 bits per heavy atom. The highest BCUT2D eigenvalue weighted by molar-refractivity contribution is 6.06. The monoisotopic (exact) mass is 471 g/mol. The summed E-state index contributed by atoms with van der Waals surface area (Å²) in [6, 6.07) is 14.9. The Kier molecular flexibility index (Phi) is 7.45. The van der Waals surface area contributed by atoms with Crippen LogP contribution >= 0.6 is 0 Å². The summed E-state index contributed by atoms with van der Waals surface area (Å²) in [5.74, 6) is 0.863. The molecule has 0 radical (unpaired) electrons. The fourth-order valence-corrected chi connectivity index (χ4v) is 3.82. The van der Waals surface area contributed by atoms with Crippen molar-refractivity contribution in [2.45, 2.75) is 39.2 Å². The third-order valence-electron chi connectivity index (χ3n) is 5.76. The SMILES string of the molecule is Cc1c(Oc2ccnc(NC(=O)C3=CC=NC(C)C3)c2)cccc1C(=O)CCc1ccc(F)cc1. The highest BCUT2D eigenvalue weighted by Crippen LogP contribution is 2.29. The second-order valence-corrected chi connectivity index (χ2v) is 8.45. The van der Waals surface area contributed by atoms with Crippen LogP contribution in [0.15, 0.2) is 77.4 Å². The number of aromatic nitrogens is 1. The minimum atomic E-state index is -0.297. The minimum Gasteiger partial charge on any atom is -0.457 e. The number of ether oxygens (including phenoxy) is 1. The lowest BCUT2D eigenvalue weighted by Crippen LogP contribution is -2.19. The molecule has 0 saturated heterocycles. The average molecular weight is 472 g/mol. The molecule has 2 aromatic carbocycles. The molecule has 6 nitrogen and oxygen atoms in total. The number of carbonyl (C=O) groups excluding carboxylic acids is 2. The Bertz CT molecular complexity index is 1300. The summed E-state index contributed by atoms with van der Waals surface area (Å²) < 4.78 is 19.1. The van der Waals surface area contributed by atoms with Gasteiger partial charge in [0.05, 0.1) is 6.04 Å². The number of hydrogen-bond donors (Lipinski definition) is 1. The number of nitrogens with one attached hydrogen (secondary N) is 1. The van der Waals surface area contributed by atoms with Crippen molar-refractivity contribution in [2.24, 2.45) is 4.99 Å². The van der Waals surface area contributed by atoms with Gasteiger partial charge in [-0.2, -0.15) is 0 Å². The largest absolute Gasteiger partial charge is 0.457 e. The molecule has 1 N–H and O–H groups in total. The third-order valence-corrected chi connectivity index (χ3v) is 5.76. The van der Waals surface area contributed by atoms with E-state index in [2.05, 4.69) is 15.3 Å². The van der Waals surface area contributed by atoms with Gasteiger partial charge in [0.15, 0.2) is 5.78 Å². The summed E-state index contributed by atoms with van der Waals surface area (Å²) in [7, 11) is 0. The zero-order valence-corrected chi connectivity index (χ0v) is 19.6. The predicted molar refractivity (Wildman–Crippen MR) is 134 cm³/mol. The van der Waals surface area contributed by atoms with E-state index < -0.39 is 0 Å². The number of halogens is 1. The van der Waals surface area contributed by atoms with Crippen LogP contribution in [-0.4, -0.2) is 28.9 Å². The van der Waals surface area contributed by atoms with Gasteiger partial charge in [0.25, 0.3) is 5.91 Å². The van der Waals surface area contributed by atoms with Crippen molar-refractivity contribution in [1.82, 2.24) is 4.98 Å². The number of Topliss-reactive ketones (excluding diaryl/α,β-unsaturated/α-hetero) is 1. The Balaban J connectivity index is 1.43. The summed E-state index contributed by atoms with van der Waals surface area (Å²) in [5, 5.41) is 2.80. The normalized spacial score (nSPS) is 14.8. The molecule has 1 amide bonds. The van der Waals surface area contributed by atoms with Gasteiger partial charge in [-0.25, -0.2) is 9.37 Å². The first-order valence-corrected chi connectivity index (χ1v) is 11.4. The zero-order valence-electron chi connectivity index (χ0n) is 19.6. The topological polar surface area (TPSA) is 80.7 Å². The molecule has 1 unspecified atom stereocenters. The highest BCUT2D eigenvalue weighted by Gasteiger charge is 2.17. The first-order chi connectivity index (χ1) is 16.9. The third kappa shape index (κ3) is 6.26. The standard InChI is InChI=1S/C28H26FN3O3/c1-18-16-21(12-14-30-18)28(34)32-27-17-23(13-15-31-27)35-26-5-3-4-24(19(26)2)25(33)11-8-20-6-9-22(29)10-7-20/h3-7,9-10,12-15,17-18H,8,11,16H2,1-2H3,(H,31,32,34). The molecule has 3 aromatic rings. The number of hydrogen-bond acceptors (Lipinski definition) is 5. The molecule has 178 valence electrons. The zero-order chi connectivity index (χ0) is 24.8. The van der Waals surface area contributed by atoms with E-state index in [1.165, 1.54) is 12.1 Å². The van der Waals surface area contributed by atoms with Gasteiger partial charge < -0.3 is 10.1 Å². The van der Waals surface area contributed by atoms with Gasteiger partial charge in [-0.1, -0.05) is 24.3 Å². The van der Waals surface area contributed by atoms with Crippen LogP contribution in [0.2, 0.25) is 0 Å². The van der Waals surface area contributed by atoms with Crippen LogP contribution in [0.25, 0.3) is 0 Å². The molecule has 0 spiro atoms. The summed E-state index contributed by atoms with van der Waals surface area (Å²) >= 11 is 0. The van der Waals surface area contributed by atoms with Crippen LogP contribution in [-0.2, 0) is 11.2 Å². The van der Waals surface area contributed by atoms with Gasteiger partial charge in [0.2, 0.25) is 0 Å². The first kappa shape index (κ1) is 24.0. The van der Waals surface area contributed by atoms with Crippen LogP contribution in [0.4, 0.5) is 10.2 Å². The number of allylic oxidation sites excluding steroid dienone is 1. The van der Waals surface area contributed by atoms with Crippen molar-refractivity contribution in [1.29, 1.82) is 0 Å². The fraction of sp³-hybridized carbons (Fsp3) is 0.214. The van der Waals surface area contributed by atoms with Crippen molar-refractivity contribution in [3.8, 4) is 11.5 Å². The molecule has 4 rings (SSSR count). The first-order valence-electron chi connectivity index (χ1n) is 11.4. The van der Waals surface area contributed by atoms with Crippen LogP contribution in [0.3, 0.4) is 0 Å². The molecule has 1 atom stereocenters. The maximum Gasteiger partial charge on any atom is 0.252 e. The van der Waals surface area contributed by atoms with E-state index in [9.17, 15) is 14.0 Å². The van der Waals surface area contributed by atoms with Gasteiger partial charge in [-0.05, 0) is 62.6 Å². The number of anilines is 1. The van der Waals surface area contributed by atoms with Gasteiger partial charge in [0, 0.05) is 41.6 Å². The Morgan fingerprint density at radius 2 is 1.94 bits per heavy atom. The Morgan fingerprint density at radius 3 is 2.71 bits per heavy atom. The summed E-state index contributed by atoms with van der Waals surface area (Å²) in [6.07, 6.45) is 6.31. The summed E-state index contributed by atoms with van der Waals surface area (Å²) in [5.41, 5.74) is 2.84. The molecule has 0 aliphatic carbocycles. The number of benzene rings is 2. The van der Waals surface area contributed by atoms with Crippen molar-refractivity contribution >= 4 is 23.7 Å². The Hall–Kier alpha value is -4.13. The van der Waals surface area contributed by atoms with Crippen molar-refractivity contribution < 1.29 is 18.7 Å². The number of rotatable bonds is 8. The summed E-state index contributed by atoms with van der Waals surface area (Å²) in [6.45, 7) is 3.79. The lowest BCUT2D eigenvalue weighted by Gasteiger charge is -2.15. The number of pyridine rings is 1. The van der Waals surface area contributed by atoms with Crippen LogP contribution in [0.1, 0.15) is 41.3 Å². The molecule has 35 heavy (non-hydrogen) atoms. The number of ketones is 1. The number of carbonyl (C=O) groups is 2. The summed E-state index contributed by atoms with van der Waals surface area (Å²) in [4.78, 5) is 33.9. The second kappa shape index (κ2) is 10.9. The van der Waals surface area contributed by atoms with Gasteiger partial charge >= 0.3 is 0 Å². The van der Waals surface area contributed by atoms with Crippen molar-refractivity contribution in [2.75, 3.05) is 5.32 Å². The molecule has 1 aliphatic heterocycles. The van der Waals surface area contributed by atoms with Crippen LogP contribution in [0, 0.1) is 12.7 Å². The molecule has 7 heteroatoms. The predicted octanol–water partition coefficient (Wildman–Crippen LogP) is 5.86. The molecular weight excluding hydrogens is 445 g/mol. The van der Waals surface area contributed by atoms with Crippen molar-refractivity contribution in [3.05, 3.63) is 95.0 Å². The fourth-order valence-electron chi connectivity index (χ4n) is 3.82. The van der Waals surface area contributed by atoms with Gasteiger partial charge in [0.1, 0.15) is 23.1 Å². The molecule has 1 aromatic heterocycles. The van der Waals surface area contributed by atoms with E-state index in [1.54, 1.807) is 61.0 Å². The average Bonchev–Trinajstić information content (AvgIpc) is 2.85. The molecule has 0 fully saturated rings. The quantitative estimate of drug-likeness (QED) is 0.417. The second-order valence-electron chi connectivity index (χ2n) is 8.45. The lowest BCUT2D eigenvalue weighted by molar-refractivity contribution is -0.113. The maximum absolute atomic E-state index is 13.1. The maximum atomic E-state index is 13.1. The number of aliphatic imine (C=N–C) groups is 1. The van der Waals surface area contributed by atoms with E-state index in [1.807, 2.05) is 13.8 Å². The van der Waals surface area contributed by atoms with E-state index in [4.69, 9.17) is 4.74 Å². The molecule has 0 bridgehead atoms. The van der Waals surface area contributed by atoms with E-state index in [0.29, 0.717) is 47.7 Å². The van der Waals surface area contributed by atoms with Gasteiger partial charge in [-0.15, -0.1) is 0 Å². The van der Waals surface area contributed by atoms with E-state index >= 15 is 0 Å². The molecule has 2 heterocycles. The number of nitrogens with zero attached hydrogens (tertiary/aromatic N) is 2. The molecule has 0 saturated carbocycles. The molecule has 1 aliphatic rings. The highest BCUT2D eigenvalue weighted by atomic mass is 19.1. The molecular formula is C28H26FN3O3.